The molecule has 1 heterocycles. The molecule has 6 nitrogen and oxygen atoms in total. The molecule has 0 bridgehead atoms. The van der Waals surface area contributed by atoms with Crippen molar-refractivity contribution in [2.24, 2.45) is 16.8 Å². The van der Waals surface area contributed by atoms with Crippen LogP contribution in [0.2, 0.25) is 0 Å². The van der Waals surface area contributed by atoms with Crippen LogP contribution >= 0.6 is 0 Å². The fourth-order valence-corrected chi connectivity index (χ4v) is 2.02. The molecule has 0 spiro atoms. The van der Waals surface area contributed by atoms with Gasteiger partial charge in [0.25, 0.3) is 5.91 Å². The predicted octanol–water partition coefficient (Wildman–Crippen LogP) is 1.57. The minimum absolute atomic E-state index is 0.0906. The van der Waals surface area contributed by atoms with Gasteiger partial charge in [-0.05, 0) is 43.5 Å². The van der Waals surface area contributed by atoms with Gasteiger partial charge >= 0.3 is 0 Å². The molecule has 1 saturated heterocycles. The first-order valence-corrected chi connectivity index (χ1v) is 6.96. The summed E-state index contributed by atoms with van der Waals surface area (Å²) < 4.78 is 5.21. The maximum atomic E-state index is 11.7. The Kier molecular flexibility index (Phi) is 5.16. The number of nitrogens with two attached hydrogens (primary N) is 1. The molecule has 1 aliphatic heterocycles. The number of nitrogens with zero attached hydrogens (tertiary/aromatic N) is 1. The number of hydrogen-bond donors (Lipinski definition) is 2. The lowest BCUT2D eigenvalue weighted by Crippen LogP contribution is -2.25. The Morgan fingerprint density at radius 1 is 1.48 bits per heavy atom. The third-order valence-electron chi connectivity index (χ3n) is 3.50. The van der Waals surface area contributed by atoms with Crippen LogP contribution in [0.15, 0.2) is 23.4 Å². The monoisotopic (exact) mass is 291 g/mol. The van der Waals surface area contributed by atoms with Gasteiger partial charge in [-0.3, -0.25) is 4.79 Å². The first-order chi connectivity index (χ1) is 10.1. The van der Waals surface area contributed by atoms with Crippen LogP contribution < -0.4 is 11.1 Å². The Hall–Kier alpha value is -2.08. The van der Waals surface area contributed by atoms with Crippen molar-refractivity contribution in [1.29, 1.82) is 0 Å². The first-order valence-electron chi connectivity index (χ1n) is 6.96. The van der Waals surface area contributed by atoms with Crippen LogP contribution in [0.25, 0.3) is 0 Å². The van der Waals surface area contributed by atoms with Crippen molar-refractivity contribution in [3.8, 4) is 0 Å². The van der Waals surface area contributed by atoms with Crippen LogP contribution in [0.3, 0.4) is 0 Å². The second-order valence-corrected chi connectivity index (χ2v) is 5.20. The molecule has 3 N–H and O–H groups in total. The van der Waals surface area contributed by atoms with Crippen LogP contribution in [0, 0.1) is 19.8 Å². The Morgan fingerprint density at radius 3 is 2.95 bits per heavy atom. The number of nitrogens with one attached hydrogen (secondary N) is 1. The minimum Gasteiger partial charge on any atom is -0.384 e. The highest BCUT2D eigenvalue weighted by Crippen LogP contribution is 2.14. The van der Waals surface area contributed by atoms with Crippen LogP contribution in [0.5, 0.6) is 0 Å². The quantitative estimate of drug-likeness (QED) is 0.490. The summed E-state index contributed by atoms with van der Waals surface area (Å²) in [5.74, 6) is 0.205. The van der Waals surface area contributed by atoms with Gasteiger partial charge in [-0.25, -0.2) is 0 Å². The van der Waals surface area contributed by atoms with Gasteiger partial charge in [0.2, 0.25) is 0 Å². The van der Waals surface area contributed by atoms with Gasteiger partial charge in [0.15, 0.2) is 6.61 Å². The number of carbonyl (C=O) groups excluding carboxylic acids is 1. The van der Waals surface area contributed by atoms with Crippen molar-refractivity contribution in [3.05, 3.63) is 29.3 Å². The van der Waals surface area contributed by atoms with E-state index in [1.165, 1.54) is 5.56 Å². The second kappa shape index (κ2) is 7.08. The number of aryl methyl sites for hydroxylation is 2. The highest BCUT2D eigenvalue weighted by Gasteiger charge is 2.19. The molecule has 6 heteroatoms. The summed E-state index contributed by atoms with van der Waals surface area (Å²) in [6.07, 6.45) is 0.841. The number of amidine groups is 1. The summed E-state index contributed by atoms with van der Waals surface area (Å²) in [6, 6.07) is 5.73. The van der Waals surface area contributed by atoms with Crippen LogP contribution in [-0.2, 0) is 14.4 Å². The zero-order valence-corrected chi connectivity index (χ0v) is 12.4. The number of benzene rings is 1. The zero-order chi connectivity index (χ0) is 15.2. The Morgan fingerprint density at radius 2 is 2.29 bits per heavy atom. The van der Waals surface area contributed by atoms with Crippen LogP contribution in [-0.4, -0.2) is 31.6 Å². The molecule has 21 heavy (non-hydrogen) atoms. The Labute approximate surface area is 124 Å². The SMILES string of the molecule is Cc1ccc(NC(=O)CON=C(N)C2CCOC2)cc1C. The maximum Gasteiger partial charge on any atom is 0.265 e. The Balaban J connectivity index is 1.79. The molecule has 1 aromatic carbocycles. The van der Waals surface area contributed by atoms with Crippen molar-refractivity contribution in [2.45, 2.75) is 20.3 Å². The third kappa shape index (κ3) is 4.46. The summed E-state index contributed by atoms with van der Waals surface area (Å²) in [4.78, 5) is 16.7. The topological polar surface area (TPSA) is 85.9 Å². The van der Waals surface area contributed by atoms with Gasteiger partial charge in [-0.2, -0.15) is 0 Å². The molecule has 1 aliphatic rings. The number of ether oxygens (including phenoxy) is 1. The molecule has 1 fully saturated rings. The fourth-order valence-electron chi connectivity index (χ4n) is 2.02. The second-order valence-electron chi connectivity index (χ2n) is 5.20. The largest absolute Gasteiger partial charge is 0.384 e. The van der Waals surface area contributed by atoms with Crippen molar-refractivity contribution >= 4 is 17.4 Å². The van der Waals surface area contributed by atoms with Gasteiger partial charge in [0, 0.05) is 18.2 Å². The lowest BCUT2D eigenvalue weighted by molar-refractivity contribution is -0.120. The van der Waals surface area contributed by atoms with Crippen LogP contribution in [0.4, 0.5) is 5.69 Å². The van der Waals surface area contributed by atoms with Gasteiger partial charge in [-0.1, -0.05) is 11.2 Å². The average Bonchev–Trinajstić information content (AvgIpc) is 2.97. The molecule has 1 unspecified atom stereocenters. The van der Waals surface area contributed by atoms with Crippen molar-refractivity contribution in [2.75, 3.05) is 25.1 Å². The normalized spacial score (nSPS) is 18.6. The molecule has 2 rings (SSSR count). The van der Waals surface area contributed by atoms with E-state index < -0.39 is 0 Å². The number of oxime groups is 1. The van der Waals surface area contributed by atoms with E-state index in [4.69, 9.17) is 15.3 Å². The van der Waals surface area contributed by atoms with E-state index in [1.807, 2.05) is 32.0 Å². The molecule has 0 radical (unpaired) electrons. The molecule has 1 atom stereocenters. The zero-order valence-electron chi connectivity index (χ0n) is 12.4. The molecule has 0 saturated carbocycles. The molecule has 0 aliphatic carbocycles. The van der Waals surface area contributed by atoms with Crippen molar-refractivity contribution in [3.63, 3.8) is 0 Å². The van der Waals surface area contributed by atoms with Crippen molar-refractivity contribution in [1.82, 2.24) is 0 Å². The number of carbonyl (C=O) groups is 1. The van der Waals surface area contributed by atoms with E-state index in [1.54, 1.807) is 0 Å². The third-order valence-corrected chi connectivity index (χ3v) is 3.50. The molecule has 0 aromatic heterocycles. The van der Waals surface area contributed by atoms with E-state index in [2.05, 4.69) is 10.5 Å². The van der Waals surface area contributed by atoms with E-state index in [0.717, 1.165) is 17.7 Å². The number of amides is 1. The first kappa shape index (κ1) is 15.3. The van der Waals surface area contributed by atoms with Crippen molar-refractivity contribution < 1.29 is 14.4 Å². The van der Waals surface area contributed by atoms with Crippen LogP contribution in [0.1, 0.15) is 17.5 Å². The van der Waals surface area contributed by atoms with E-state index in [-0.39, 0.29) is 18.4 Å². The molecule has 1 amide bonds. The molecular formula is C15H21N3O3. The molecule has 114 valence electrons. The molecular weight excluding hydrogens is 270 g/mol. The summed E-state index contributed by atoms with van der Waals surface area (Å²) >= 11 is 0. The lowest BCUT2D eigenvalue weighted by Gasteiger charge is -2.08. The Bertz CT molecular complexity index is 537. The maximum absolute atomic E-state index is 11.7. The summed E-state index contributed by atoms with van der Waals surface area (Å²) in [7, 11) is 0. The predicted molar refractivity (Wildman–Crippen MR) is 81.0 cm³/mol. The lowest BCUT2D eigenvalue weighted by atomic mass is 10.1. The number of rotatable bonds is 5. The van der Waals surface area contributed by atoms with E-state index in [0.29, 0.717) is 19.0 Å². The fraction of sp³-hybridized carbons (Fsp3) is 0.467. The van der Waals surface area contributed by atoms with E-state index >= 15 is 0 Å². The smallest absolute Gasteiger partial charge is 0.265 e. The highest BCUT2D eigenvalue weighted by molar-refractivity contribution is 5.92. The average molecular weight is 291 g/mol. The minimum atomic E-state index is -0.266. The highest BCUT2D eigenvalue weighted by atomic mass is 16.6. The summed E-state index contributed by atoms with van der Waals surface area (Å²) in [5.41, 5.74) is 8.81. The standard InChI is InChI=1S/C15H21N3O3/c1-10-3-4-13(7-11(10)2)17-14(19)9-21-18-15(16)12-5-6-20-8-12/h3-4,7,12H,5-6,8-9H2,1-2H3,(H2,16,18)(H,17,19). The van der Waals surface area contributed by atoms with E-state index in [9.17, 15) is 4.79 Å². The van der Waals surface area contributed by atoms with Gasteiger partial charge in [0.1, 0.15) is 5.84 Å². The molecule has 1 aromatic rings. The summed E-state index contributed by atoms with van der Waals surface area (Å²) in [5, 5.41) is 6.53. The summed E-state index contributed by atoms with van der Waals surface area (Å²) in [6.45, 7) is 5.10. The van der Waals surface area contributed by atoms with Gasteiger partial charge < -0.3 is 20.6 Å². The van der Waals surface area contributed by atoms with Gasteiger partial charge in [-0.15, -0.1) is 0 Å². The number of hydrogen-bond acceptors (Lipinski definition) is 4. The number of anilines is 1. The van der Waals surface area contributed by atoms with Gasteiger partial charge in [0.05, 0.1) is 6.61 Å².